The quantitative estimate of drug-likeness (QED) is 0.321. The van der Waals surface area contributed by atoms with Crippen molar-refractivity contribution >= 4 is 17.5 Å². The molecule has 0 radical (unpaired) electrons. The Labute approximate surface area is 166 Å². The molecule has 7 nitrogen and oxygen atoms in total. The van der Waals surface area contributed by atoms with E-state index < -0.39 is 0 Å². The van der Waals surface area contributed by atoms with Crippen molar-refractivity contribution in [1.82, 2.24) is 5.32 Å². The van der Waals surface area contributed by atoms with Crippen LogP contribution in [-0.2, 0) is 22.4 Å². The van der Waals surface area contributed by atoms with Gasteiger partial charge in [-0.15, -0.1) is 0 Å². The van der Waals surface area contributed by atoms with Gasteiger partial charge < -0.3 is 20.9 Å². The Morgan fingerprint density at radius 1 is 1.32 bits per heavy atom. The van der Waals surface area contributed by atoms with Crippen LogP contribution in [0, 0.1) is 0 Å². The fourth-order valence-electron chi connectivity index (χ4n) is 3.41. The summed E-state index contributed by atoms with van der Waals surface area (Å²) >= 11 is 0. The van der Waals surface area contributed by atoms with Gasteiger partial charge in [-0.1, -0.05) is 6.07 Å². The van der Waals surface area contributed by atoms with Crippen LogP contribution in [0.5, 0.6) is 11.5 Å². The van der Waals surface area contributed by atoms with Gasteiger partial charge in [0.05, 0.1) is 13.0 Å². The number of aryl methyl sites for hydroxylation is 1. The first-order valence-corrected chi connectivity index (χ1v) is 9.89. The number of nitrogens with two attached hydrogens (primary N) is 1. The highest BCUT2D eigenvalue weighted by atomic mass is 16.5. The number of hydrogen-bond acceptors (Lipinski definition) is 5. The van der Waals surface area contributed by atoms with Crippen LogP contribution >= 0.6 is 0 Å². The van der Waals surface area contributed by atoms with E-state index in [2.05, 4.69) is 10.3 Å². The standard InChI is InChI=1S/C21H31N3O4/c1-14(24-21(22)23-2)5-3-6-16(25)13-17(26)10-8-15-9-11-19(27)20-18(15)7-4-12-28-20/h9,11,14,27H,3-8,10,12-13H2,1-2H3,(H3,22,23,24). The molecular formula is C21H31N3O4. The molecule has 1 aliphatic rings. The predicted octanol–water partition coefficient (Wildman–Crippen LogP) is 2.27. The molecule has 0 bridgehead atoms. The van der Waals surface area contributed by atoms with Crippen LogP contribution < -0.4 is 15.8 Å². The average Bonchev–Trinajstić information content (AvgIpc) is 2.67. The molecule has 1 aliphatic heterocycles. The number of carbonyl (C=O) groups excluding carboxylic acids is 2. The van der Waals surface area contributed by atoms with Gasteiger partial charge in [0.2, 0.25) is 0 Å². The number of aromatic hydroxyl groups is 1. The fourth-order valence-corrected chi connectivity index (χ4v) is 3.41. The monoisotopic (exact) mass is 389 g/mol. The Hall–Kier alpha value is -2.57. The molecule has 1 unspecified atom stereocenters. The Balaban J connectivity index is 1.73. The topological polar surface area (TPSA) is 114 Å². The number of nitrogens with zero attached hydrogens (tertiary/aromatic N) is 1. The molecule has 0 amide bonds. The Kier molecular flexibility index (Phi) is 8.29. The molecule has 4 N–H and O–H groups in total. The lowest BCUT2D eigenvalue weighted by molar-refractivity contribution is -0.127. The number of ketones is 2. The van der Waals surface area contributed by atoms with Crippen molar-refractivity contribution in [3.8, 4) is 11.5 Å². The van der Waals surface area contributed by atoms with Crippen molar-refractivity contribution in [3.63, 3.8) is 0 Å². The number of rotatable bonds is 10. The summed E-state index contributed by atoms with van der Waals surface area (Å²) in [5.74, 6) is 1.01. The normalized spacial score (nSPS) is 14.7. The molecule has 0 fully saturated rings. The van der Waals surface area contributed by atoms with Crippen LogP contribution in [0.4, 0.5) is 0 Å². The van der Waals surface area contributed by atoms with E-state index in [0.29, 0.717) is 44.0 Å². The lowest BCUT2D eigenvalue weighted by Gasteiger charge is -2.21. The molecule has 28 heavy (non-hydrogen) atoms. The van der Waals surface area contributed by atoms with E-state index in [0.717, 1.165) is 30.4 Å². The average molecular weight is 389 g/mol. The number of Topliss-reactive ketones (excluding diaryl/α,β-unsaturated/α-hetero) is 2. The molecule has 0 spiro atoms. The van der Waals surface area contributed by atoms with Crippen LogP contribution in [-0.4, -0.2) is 42.3 Å². The number of hydrogen-bond donors (Lipinski definition) is 3. The van der Waals surface area contributed by atoms with E-state index in [4.69, 9.17) is 10.5 Å². The Morgan fingerprint density at radius 2 is 2.07 bits per heavy atom. The van der Waals surface area contributed by atoms with E-state index in [1.54, 1.807) is 13.1 Å². The van der Waals surface area contributed by atoms with E-state index in [9.17, 15) is 14.7 Å². The second-order valence-electron chi connectivity index (χ2n) is 7.30. The molecule has 2 rings (SSSR count). The maximum Gasteiger partial charge on any atom is 0.188 e. The van der Waals surface area contributed by atoms with E-state index >= 15 is 0 Å². The van der Waals surface area contributed by atoms with Gasteiger partial charge in [-0.2, -0.15) is 0 Å². The van der Waals surface area contributed by atoms with Crippen molar-refractivity contribution in [2.24, 2.45) is 10.7 Å². The number of phenols is 1. The summed E-state index contributed by atoms with van der Waals surface area (Å²) in [6, 6.07) is 3.59. The molecule has 154 valence electrons. The summed E-state index contributed by atoms with van der Waals surface area (Å²) in [7, 11) is 1.62. The third-order valence-electron chi connectivity index (χ3n) is 4.95. The van der Waals surface area contributed by atoms with E-state index in [1.165, 1.54) is 0 Å². The van der Waals surface area contributed by atoms with Gasteiger partial charge in [0.25, 0.3) is 0 Å². The van der Waals surface area contributed by atoms with Crippen LogP contribution in [0.25, 0.3) is 0 Å². The van der Waals surface area contributed by atoms with Gasteiger partial charge >= 0.3 is 0 Å². The molecule has 0 saturated carbocycles. The molecule has 1 atom stereocenters. The molecule has 0 aromatic heterocycles. The lowest BCUT2D eigenvalue weighted by atomic mass is 9.94. The van der Waals surface area contributed by atoms with Gasteiger partial charge in [0.1, 0.15) is 11.6 Å². The first-order valence-electron chi connectivity index (χ1n) is 9.89. The van der Waals surface area contributed by atoms with Crippen molar-refractivity contribution in [2.75, 3.05) is 13.7 Å². The molecule has 7 heteroatoms. The van der Waals surface area contributed by atoms with Gasteiger partial charge in [-0.05, 0) is 50.7 Å². The van der Waals surface area contributed by atoms with Crippen molar-refractivity contribution < 1.29 is 19.4 Å². The molecule has 0 aliphatic carbocycles. The van der Waals surface area contributed by atoms with Crippen LogP contribution in [0.2, 0.25) is 0 Å². The number of guanidine groups is 1. The highest BCUT2D eigenvalue weighted by molar-refractivity contribution is 5.99. The fraction of sp³-hybridized carbons (Fsp3) is 0.571. The SMILES string of the molecule is CN=C(N)NC(C)CCCC(=O)CC(=O)CCc1ccc(O)c2c1CCCO2. The number of phenolic OH excluding ortho intramolecular Hbond substituents is 1. The van der Waals surface area contributed by atoms with Crippen molar-refractivity contribution in [3.05, 3.63) is 23.3 Å². The smallest absolute Gasteiger partial charge is 0.188 e. The summed E-state index contributed by atoms with van der Waals surface area (Å²) in [4.78, 5) is 28.1. The van der Waals surface area contributed by atoms with Crippen LogP contribution in [0.3, 0.4) is 0 Å². The highest BCUT2D eigenvalue weighted by Crippen LogP contribution is 2.36. The summed E-state index contributed by atoms with van der Waals surface area (Å²) in [5, 5.41) is 12.9. The zero-order valence-electron chi connectivity index (χ0n) is 16.8. The third-order valence-corrected chi connectivity index (χ3v) is 4.95. The van der Waals surface area contributed by atoms with Crippen LogP contribution in [0.15, 0.2) is 17.1 Å². The minimum absolute atomic E-state index is 0.0167. The number of fused-ring (bicyclic) bond motifs is 1. The molecule has 1 aromatic rings. The van der Waals surface area contributed by atoms with Crippen molar-refractivity contribution in [2.45, 2.75) is 64.3 Å². The highest BCUT2D eigenvalue weighted by Gasteiger charge is 2.19. The van der Waals surface area contributed by atoms with Gasteiger partial charge in [-0.25, -0.2) is 0 Å². The van der Waals surface area contributed by atoms with Gasteiger partial charge in [0, 0.05) is 31.5 Å². The van der Waals surface area contributed by atoms with Gasteiger partial charge in [-0.3, -0.25) is 14.6 Å². The largest absolute Gasteiger partial charge is 0.504 e. The number of ether oxygens (including phenoxy) is 1. The zero-order valence-corrected chi connectivity index (χ0v) is 16.8. The zero-order chi connectivity index (χ0) is 20.5. The maximum absolute atomic E-state index is 12.2. The summed E-state index contributed by atoms with van der Waals surface area (Å²) in [6.07, 6.45) is 4.50. The Bertz CT molecular complexity index is 731. The predicted molar refractivity (Wildman–Crippen MR) is 109 cm³/mol. The lowest BCUT2D eigenvalue weighted by Crippen LogP contribution is -2.38. The second-order valence-corrected chi connectivity index (χ2v) is 7.30. The first-order chi connectivity index (χ1) is 13.4. The first kappa shape index (κ1) is 21.7. The number of nitrogens with one attached hydrogen (secondary N) is 1. The summed E-state index contributed by atoms with van der Waals surface area (Å²) < 4.78 is 5.55. The Morgan fingerprint density at radius 3 is 2.82 bits per heavy atom. The van der Waals surface area contributed by atoms with Gasteiger partial charge in [0.15, 0.2) is 17.5 Å². The summed E-state index contributed by atoms with van der Waals surface area (Å²) in [6.45, 7) is 2.58. The molecule has 1 heterocycles. The van der Waals surface area contributed by atoms with Crippen LogP contribution in [0.1, 0.15) is 56.6 Å². The minimum Gasteiger partial charge on any atom is -0.504 e. The number of benzene rings is 1. The number of aliphatic imine (C=N–C) groups is 1. The minimum atomic E-state index is -0.0444. The molecular weight excluding hydrogens is 358 g/mol. The van der Waals surface area contributed by atoms with E-state index in [1.807, 2.05) is 13.0 Å². The third kappa shape index (κ3) is 6.55. The van der Waals surface area contributed by atoms with Crippen molar-refractivity contribution in [1.29, 1.82) is 0 Å². The summed E-state index contributed by atoms with van der Waals surface area (Å²) in [5.41, 5.74) is 7.61. The van der Waals surface area contributed by atoms with E-state index in [-0.39, 0.29) is 29.8 Å². The molecule has 1 aromatic carbocycles. The number of carbonyl (C=O) groups is 2. The molecule has 0 saturated heterocycles. The maximum atomic E-state index is 12.2. The second kappa shape index (κ2) is 10.7.